The minimum Gasteiger partial charge on any atom is -0.369 e. The Balaban J connectivity index is 1.05. The third-order valence-electron chi connectivity index (χ3n) is 9.83. The first kappa shape index (κ1) is 27.1. The second kappa shape index (κ2) is 10.2. The predicted octanol–water partition coefficient (Wildman–Crippen LogP) is 7.31. The Morgan fingerprint density at radius 1 is 0.976 bits per heavy atom. The summed E-state index contributed by atoms with van der Waals surface area (Å²) in [4.78, 5) is 7.22. The standard InChI is InChI=1S/C32H37ClF3N5/c1-22-16-37-41(29(22)30(34)35)26-3-2-10-40(17-26)28-15-24(33)6-9-27(28)23-4-7-25(8-5-23)39-13-11-38(12-14-39)21-31-18-32(36,19-31)20-31/h4-9,15-16,26,30H,2-3,10-14,17-21H2,1H3. The fraction of sp³-hybridized carbons (Fsp3) is 0.531. The highest BCUT2D eigenvalue weighted by Crippen LogP contribution is 2.69. The molecule has 8 rings (SSSR count). The SMILES string of the molecule is Cc1cnn(C2CCCN(c3cc(Cl)ccc3-c3ccc(N4CCN(CC56CC(F)(C5)C6)CC4)cc3)C2)c1C(F)F. The average Bonchev–Trinajstić information content (AvgIpc) is 3.34. The first-order valence-electron chi connectivity index (χ1n) is 14.8. The van der Waals surface area contributed by atoms with Crippen LogP contribution in [-0.4, -0.2) is 66.2 Å². The fourth-order valence-electron chi connectivity index (χ4n) is 7.92. The average molecular weight is 584 g/mol. The van der Waals surface area contributed by atoms with Crippen LogP contribution in [0.1, 0.15) is 55.8 Å². The van der Waals surface area contributed by atoms with Crippen molar-refractivity contribution in [3.63, 3.8) is 0 Å². The topological polar surface area (TPSA) is 27.5 Å². The number of hydrogen-bond acceptors (Lipinski definition) is 4. The number of piperazine rings is 1. The van der Waals surface area contributed by atoms with Gasteiger partial charge in [0.25, 0.3) is 6.43 Å². The molecule has 41 heavy (non-hydrogen) atoms. The molecular weight excluding hydrogens is 547 g/mol. The molecule has 2 bridgehead atoms. The summed E-state index contributed by atoms with van der Waals surface area (Å²) < 4.78 is 43.1. The molecule has 3 aromatic rings. The molecule has 9 heteroatoms. The van der Waals surface area contributed by atoms with Gasteiger partial charge in [0, 0.05) is 67.8 Å². The lowest BCUT2D eigenvalue weighted by Gasteiger charge is -2.67. The van der Waals surface area contributed by atoms with Crippen LogP contribution in [0.5, 0.6) is 0 Å². The van der Waals surface area contributed by atoms with Gasteiger partial charge in [-0.3, -0.25) is 9.58 Å². The zero-order valence-electron chi connectivity index (χ0n) is 23.5. The van der Waals surface area contributed by atoms with Crippen LogP contribution >= 0.6 is 11.6 Å². The van der Waals surface area contributed by atoms with E-state index in [0.717, 1.165) is 88.2 Å². The van der Waals surface area contributed by atoms with Gasteiger partial charge in [-0.25, -0.2) is 13.2 Å². The third-order valence-corrected chi connectivity index (χ3v) is 10.1. The molecule has 0 N–H and O–H groups in total. The fourth-order valence-corrected chi connectivity index (χ4v) is 8.09. The molecule has 3 heterocycles. The van der Waals surface area contributed by atoms with Gasteiger partial charge in [0.1, 0.15) is 11.4 Å². The van der Waals surface area contributed by atoms with Gasteiger partial charge < -0.3 is 9.80 Å². The van der Waals surface area contributed by atoms with Gasteiger partial charge in [0.2, 0.25) is 0 Å². The lowest BCUT2D eigenvalue weighted by atomic mass is 9.42. The smallest absolute Gasteiger partial charge is 0.280 e. The second-order valence-corrected chi connectivity index (χ2v) is 13.3. The Morgan fingerprint density at radius 2 is 1.71 bits per heavy atom. The lowest BCUT2D eigenvalue weighted by Crippen LogP contribution is -2.68. The van der Waals surface area contributed by atoms with Crippen molar-refractivity contribution in [2.24, 2.45) is 5.41 Å². The number of aryl methyl sites for hydroxylation is 1. The maximum absolute atomic E-state index is 13.9. The molecule has 218 valence electrons. The van der Waals surface area contributed by atoms with Crippen molar-refractivity contribution in [3.8, 4) is 11.1 Å². The predicted molar refractivity (Wildman–Crippen MR) is 158 cm³/mol. The van der Waals surface area contributed by atoms with Crippen LogP contribution in [0.3, 0.4) is 0 Å². The summed E-state index contributed by atoms with van der Waals surface area (Å²) in [5.74, 6) is 0. The molecule has 0 radical (unpaired) electrons. The summed E-state index contributed by atoms with van der Waals surface area (Å²) in [5.41, 5.74) is 4.43. The zero-order valence-corrected chi connectivity index (χ0v) is 24.3. The van der Waals surface area contributed by atoms with E-state index in [9.17, 15) is 13.2 Å². The summed E-state index contributed by atoms with van der Waals surface area (Å²) in [6, 6.07) is 14.6. The highest BCUT2D eigenvalue weighted by Gasteiger charge is 2.69. The van der Waals surface area contributed by atoms with Gasteiger partial charge in [-0.15, -0.1) is 0 Å². The van der Waals surface area contributed by atoms with Gasteiger partial charge in [0.05, 0.1) is 12.2 Å². The Labute approximate surface area is 244 Å². The maximum Gasteiger partial charge on any atom is 0.280 e. The highest BCUT2D eigenvalue weighted by atomic mass is 35.5. The number of aromatic nitrogens is 2. The summed E-state index contributed by atoms with van der Waals surface area (Å²) >= 11 is 6.48. The summed E-state index contributed by atoms with van der Waals surface area (Å²) in [6.45, 7) is 8.17. The number of halogens is 4. The first-order chi connectivity index (χ1) is 19.7. The van der Waals surface area contributed by atoms with Crippen LogP contribution in [0.15, 0.2) is 48.7 Å². The van der Waals surface area contributed by atoms with Crippen LogP contribution in [0.2, 0.25) is 5.02 Å². The molecule has 2 aromatic carbocycles. The number of rotatable bonds is 7. The monoisotopic (exact) mass is 583 g/mol. The van der Waals surface area contributed by atoms with Gasteiger partial charge in [-0.05, 0) is 79.8 Å². The molecule has 2 saturated heterocycles. The van der Waals surface area contributed by atoms with Crippen LogP contribution in [0, 0.1) is 12.3 Å². The number of alkyl halides is 3. The first-order valence-corrected chi connectivity index (χ1v) is 15.2. The molecule has 1 unspecified atom stereocenters. The van der Waals surface area contributed by atoms with Crippen LogP contribution in [0.25, 0.3) is 11.1 Å². The lowest BCUT2D eigenvalue weighted by molar-refractivity contribution is -0.221. The van der Waals surface area contributed by atoms with Crippen molar-refractivity contribution in [1.82, 2.24) is 14.7 Å². The number of benzene rings is 2. The maximum atomic E-state index is 13.9. The van der Waals surface area contributed by atoms with E-state index >= 15 is 0 Å². The van der Waals surface area contributed by atoms with Crippen LogP contribution in [0.4, 0.5) is 24.5 Å². The Morgan fingerprint density at radius 3 is 2.39 bits per heavy atom. The second-order valence-electron chi connectivity index (χ2n) is 12.9. The third kappa shape index (κ3) is 5.01. The minimum atomic E-state index is -2.55. The van der Waals surface area contributed by atoms with E-state index in [-0.39, 0.29) is 17.2 Å². The van der Waals surface area contributed by atoms with Gasteiger partial charge in [0.15, 0.2) is 0 Å². The molecule has 5 fully saturated rings. The van der Waals surface area contributed by atoms with Gasteiger partial charge in [-0.2, -0.15) is 5.10 Å². The van der Waals surface area contributed by atoms with Crippen molar-refractivity contribution in [3.05, 3.63) is 64.9 Å². The molecular formula is C32H37ClF3N5. The Bertz CT molecular complexity index is 1400. The normalized spacial score (nSPS) is 28.1. The van der Waals surface area contributed by atoms with Crippen LogP contribution in [-0.2, 0) is 0 Å². The summed E-state index contributed by atoms with van der Waals surface area (Å²) in [5, 5.41) is 4.99. The molecule has 1 aromatic heterocycles. The van der Waals surface area contributed by atoms with E-state index in [1.54, 1.807) is 13.1 Å². The van der Waals surface area contributed by atoms with Crippen molar-refractivity contribution >= 4 is 23.0 Å². The van der Waals surface area contributed by atoms with Crippen molar-refractivity contribution in [2.45, 2.75) is 57.2 Å². The Hall–Kier alpha value is -2.71. The minimum absolute atomic E-state index is 0.0205. The molecule has 0 spiro atoms. The number of anilines is 2. The molecule has 3 aliphatic carbocycles. The Kier molecular flexibility index (Phi) is 6.77. The van der Waals surface area contributed by atoms with Gasteiger partial charge >= 0.3 is 0 Å². The van der Waals surface area contributed by atoms with E-state index in [2.05, 4.69) is 50.1 Å². The molecule has 3 saturated carbocycles. The van der Waals surface area contributed by atoms with Crippen LogP contribution < -0.4 is 9.80 Å². The molecule has 5 nitrogen and oxygen atoms in total. The molecule has 2 aliphatic heterocycles. The summed E-state index contributed by atoms with van der Waals surface area (Å²) in [7, 11) is 0. The van der Waals surface area contributed by atoms with Crippen molar-refractivity contribution in [2.75, 3.05) is 55.6 Å². The number of nitrogens with zero attached hydrogens (tertiary/aromatic N) is 5. The quantitative estimate of drug-likeness (QED) is 0.292. The number of piperidine rings is 1. The van der Waals surface area contributed by atoms with Crippen molar-refractivity contribution < 1.29 is 13.2 Å². The van der Waals surface area contributed by atoms with Gasteiger partial charge in [-0.1, -0.05) is 29.8 Å². The highest BCUT2D eigenvalue weighted by molar-refractivity contribution is 6.31. The molecule has 5 aliphatic rings. The number of hydrogen-bond donors (Lipinski definition) is 0. The molecule has 1 atom stereocenters. The van der Waals surface area contributed by atoms with E-state index in [4.69, 9.17) is 11.6 Å². The van der Waals surface area contributed by atoms with E-state index in [1.807, 2.05) is 12.1 Å². The summed E-state index contributed by atoms with van der Waals surface area (Å²) in [6.07, 6.45) is 3.01. The van der Waals surface area contributed by atoms with E-state index in [1.165, 1.54) is 10.4 Å². The zero-order chi connectivity index (χ0) is 28.4. The van der Waals surface area contributed by atoms with E-state index < -0.39 is 12.1 Å². The largest absolute Gasteiger partial charge is 0.369 e. The van der Waals surface area contributed by atoms with Crippen molar-refractivity contribution in [1.29, 1.82) is 0 Å². The van der Waals surface area contributed by atoms with E-state index in [0.29, 0.717) is 17.1 Å². The molecule has 0 amide bonds.